The lowest BCUT2D eigenvalue weighted by atomic mass is 9.96. The van der Waals surface area contributed by atoms with Crippen molar-refractivity contribution in [2.24, 2.45) is 0 Å². The van der Waals surface area contributed by atoms with Gasteiger partial charge in [0.1, 0.15) is 6.61 Å². The highest BCUT2D eigenvalue weighted by atomic mass is 79.9. The van der Waals surface area contributed by atoms with E-state index in [2.05, 4.69) is 15.9 Å². The molecule has 1 aliphatic rings. The molecule has 0 aromatic heterocycles. The van der Waals surface area contributed by atoms with Crippen molar-refractivity contribution in [1.82, 2.24) is 0 Å². The maximum Gasteiger partial charge on any atom is 0.339 e. The van der Waals surface area contributed by atoms with E-state index in [9.17, 15) is 4.79 Å². The molecule has 0 amide bonds. The Bertz CT molecular complexity index is 814. The fourth-order valence-corrected chi connectivity index (χ4v) is 3.06. The van der Waals surface area contributed by atoms with Crippen LogP contribution >= 0.6 is 15.9 Å². The first-order valence-corrected chi connectivity index (χ1v) is 8.35. The van der Waals surface area contributed by atoms with Gasteiger partial charge in [-0.15, -0.1) is 0 Å². The van der Waals surface area contributed by atoms with Crippen LogP contribution < -0.4 is 14.2 Å². The van der Waals surface area contributed by atoms with Crippen LogP contribution in [0.4, 0.5) is 0 Å². The summed E-state index contributed by atoms with van der Waals surface area (Å²) in [5.41, 5.74) is 2.92. The maximum atomic E-state index is 12.3. The third kappa shape index (κ3) is 3.22. The van der Waals surface area contributed by atoms with Gasteiger partial charge in [-0.25, -0.2) is 4.79 Å². The van der Waals surface area contributed by atoms with Gasteiger partial charge in [0.2, 0.25) is 5.75 Å². The fraction of sp³-hybridized carbons (Fsp3) is 0.211. The summed E-state index contributed by atoms with van der Waals surface area (Å²) in [7, 11) is 4.66. The second-order valence-corrected chi connectivity index (χ2v) is 6.27. The topological polar surface area (TPSA) is 54.0 Å². The molecule has 0 radical (unpaired) electrons. The minimum absolute atomic E-state index is 0.197. The highest BCUT2D eigenvalue weighted by molar-refractivity contribution is 9.10. The third-order valence-corrected chi connectivity index (χ3v) is 4.53. The van der Waals surface area contributed by atoms with E-state index in [0.29, 0.717) is 22.8 Å². The van der Waals surface area contributed by atoms with Crippen LogP contribution in [0.25, 0.3) is 11.1 Å². The molecule has 0 saturated carbocycles. The lowest BCUT2D eigenvalue weighted by molar-refractivity contribution is -0.133. The van der Waals surface area contributed by atoms with Crippen LogP contribution in [0, 0.1) is 0 Å². The van der Waals surface area contributed by atoms with Crippen molar-refractivity contribution < 1.29 is 23.7 Å². The van der Waals surface area contributed by atoms with Gasteiger partial charge in [-0.05, 0) is 35.4 Å². The summed E-state index contributed by atoms with van der Waals surface area (Å²) in [4.78, 5) is 12.3. The Morgan fingerprint density at radius 1 is 0.920 bits per heavy atom. The second kappa shape index (κ2) is 7.19. The Kier molecular flexibility index (Phi) is 4.99. The molecule has 2 aromatic rings. The first kappa shape index (κ1) is 17.4. The molecule has 0 aliphatic carbocycles. The zero-order valence-electron chi connectivity index (χ0n) is 14.1. The Labute approximate surface area is 154 Å². The zero-order chi connectivity index (χ0) is 18.0. The summed E-state index contributed by atoms with van der Waals surface area (Å²) < 4.78 is 22.4. The summed E-state index contributed by atoms with van der Waals surface area (Å²) in [6, 6.07) is 11.2. The molecule has 5 nitrogen and oxygen atoms in total. The number of methoxy groups -OCH3 is 3. The summed E-state index contributed by atoms with van der Waals surface area (Å²) in [5, 5.41) is 0. The van der Waals surface area contributed by atoms with E-state index in [1.165, 1.54) is 0 Å². The molecule has 0 bridgehead atoms. The number of benzene rings is 2. The van der Waals surface area contributed by atoms with Crippen LogP contribution in [0.15, 0.2) is 40.9 Å². The molecular formula is C19H17BrO5. The number of halogens is 1. The maximum absolute atomic E-state index is 12.3. The highest BCUT2D eigenvalue weighted by Crippen LogP contribution is 2.42. The Morgan fingerprint density at radius 2 is 1.52 bits per heavy atom. The van der Waals surface area contributed by atoms with Crippen molar-refractivity contribution >= 4 is 33.0 Å². The van der Waals surface area contributed by atoms with Gasteiger partial charge in [-0.2, -0.15) is 0 Å². The van der Waals surface area contributed by atoms with E-state index < -0.39 is 0 Å². The molecule has 0 spiro atoms. The van der Waals surface area contributed by atoms with Crippen molar-refractivity contribution in [2.45, 2.75) is 0 Å². The van der Waals surface area contributed by atoms with Crippen LogP contribution in [-0.2, 0) is 9.53 Å². The van der Waals surface area contributed by atoms with Crippen molar-refractivity contribution in [1.29, 1.82) is 0 Å². The van der Waals surface area contributed by atoms with E-state index in [0.717, 1.165) is 21.2 Å². The highest BCUT2D eigenvalue weighted by Gasteiger charge is 2.28. The predicted octanol–water partition coefficient (Wildman–Crippen LogP) is 3.94. The van der Waals surface area contributed by atoms with E-state index in [4.69, 9.17) is 18.9 Å². The zero-order valence-corrected chi connectivity index (χ0v) is 15.7. The molecule has 2 aromatic carbocycles. The van der Waals surface area contributed by atoms with Crippen LogP contribution in [0.2, 0.25) is 0 Å². The number of carbonyl (C=O) groups is 1. The van der Waals surface area contributed by atoms with Crippen LogP contribution in [-0.4, -0.2) is 33.9 Å². The van der Waals surface area contributed by atoms with Crippen molar-refractivity contribution in [2.75, 3.05) is 27.9 Å². The molecule has 0 saturated heterocycles. The van der Waals surface area contributed by atoms with Crippen LogP contribution in [0.5, 0.6) is 17.2 Å². The summed E-state index contributed by atoms with van der Waals surface area (Å²) >= 11 is 3.40. The molecule has 0 atom stereocenters. The van der Waals surface area contributed by atoms with Gasteiger partial charge in [0, 0.05) is 10.0 Å². The second-order valence-electron chi connectivity index (χ2n) is 5.35. The molecule has 25 heavy (non-hydrogen) atoms. The smallest absolute Gasteiger partial charge is 0.339 e. The average molecular weight is 405 g/mol. The van der Waals surface area contributed by atoms with Crippen molar-refractivity contribution in [3.8, 4) is 17.2 Å². The van der Waals surface area contributed by atoms with Gasteiger partial charge in [0.05, 0.1) is 26.9 Å². The molecule has 0 unspecified atom stereocenters. The number of cyclic esters (lactones) is 1. The average Bonchev–Trinajstić information content (AvgIpc) is 3.02. The molecule has 0 fully saturated rings. The van der Waals surface area contributed by atoms with Gasteiger partial charge in [-0.1, -0.05) is 28.1 Å². The van der Waals surface area contributed by atoms with Crippen LogP contribution in [0.1, 0.15) is 11.1 Å². The number of hydrogen-bond donors (Lipinski definition) is 0. The number of ether oxygens (including phenoxy) is 4. The Hall–Kier alpha value is -2.47. The summed E-state index contributed by atoms with van der Waals surface area (Å²) in [6.07, 6.45) is 0. The van der Waals surface area contributed by atoms with Gasteiger partial charge >= 0.3 is 5.97 Å². The van der Waals surface area contributed by atoms with Gasteiger partial charge < -0.3 is 18.9 Å². The molecular weight excluding hydrogens is 388 g/mol. The number of esters is 1. The monoisotopic (exact) mass is 404 g/mol. The minimum Gasteiger partial charge on any atom is -0.493 e. The Morgan fingerprint density at radius 3 is 2.04 bits per heavy atom. The molecule has 1 heterocycles. The van der Waals surface area contributed by atoms with Gasteiger partial charge in [0.25, 0.3) is 0 Å². The van der Waals surface area contributed by atoms with E-state index in [1.54, 1.807) is 21.3 Å². The fourth-order valence-electron chi connectivity index (χ4n) is 2.80. The minimum atomic E-state index is -0.342. The number of hydrogen-bond acceptors (Lipinski definition) is 5. The third-order valence-electron chi connectivity index (χ3n) is 4.00. The molecule has 130 valence electrons. The summed E-state index contributed by atoms with van der Waals surface area (Å²) in [6.45, 7) is 0.197. The summed E-state index contributed by atoms with van der Waals surface area (Å²) in [5.74, 6) is 1.22. The molecule has 0 N–H and O–H groups in total. The lowest BCUT2D eigenvalue weighted by Gasteiger charge is -2.14. The predicted molar refractivity (Wildman–Crippen MR) is 98.0 cm³/mol. The SMILES string of the molecule is COc1cc(C2=C(c3ccc(Br)cc3)C(=O)OC2)cc(OC)c1OC. The Balaban J connectivity index is 2.19. The van der Waals surface area contributed by atoms with Crippen molar-refractivity contribution in [3.05, 3.63) is 52.0 Å². The molecule has 1 aliphatic heterocycles. The number of rotatable bonds is 5. The normalized spacial score (nSPS) is 13.7. The van der Waals surface area contributed by atoms with Gasteiger partial charge in [0.15, 0.2) is 11.5 Å². The van der Waals surface area contributed by atoms with Gasteiger partial charge in [-0.3, -0.25) is 0 Å². The number of carbonyl (C=O) groups excluding carboxylic acids is 1. The van der Waals surface area contributed by atoms with E-state index in [1.807, 2.05) is 36.4 Å². The van der Waals surface area contributed by atoms with E-state index >= 15 is 0 Å². The van der Waals surface area contributed by atoms with Crippen LogP contribution in [0.3, 0.4) is 0 Å². The van der Waals surface area contributed by atoms with Crippen molar-refractivity contribution in [3.63, 3.8) is 0 Å². The molecule has 3 rings (SSSR count). The quantitative estimate of drug-likeness (QED) is 0.706. The standard InChI is InChI=1S/C19H17BrO5/c1-22-15-8-12(9-16(23-2)18(15)24-3)14-10-25-19(21)17(14)11-4-6-13(20)7-5-11/h4-9H,10H2,1-3H3. The first-order chi connectivity index (χ1) is 12.1. The van der Waals surface area contributed by atoms with E-state index in [-0.39, 0.29) is 12.6 Å². The largest absolute Gasteiger partial charge is 0.493 e. The molecule has 6 heteroatoms. The first-order valence-electron chi connectivity index (χ1n) is 7.55. The lowest BCUT2D eigenvalue weighted by Crippen LogP contribution is -1.99.